The van der Waals surface area contributed by atoms with E-state index in [9.17, 15) is 16.8 Å². The first kappa shape index (κ1) is 24.5. The molecular formula is C22H30N2O6S2. The molecule has 1 aliphatic rings. The van der Waals surface area contributed by atoms with Crippen molar-refractivity contribution in [2.24, 2.45) is 0 Å². The summed E-state index contributed by atoms with van der Waals surface area (Å²) in [6.45, 7) is 4.42. The fraction of sp³-hybridized carbons (Fsp3) is 0.455. The minimum absolute atomic E-state index is 0.00344. The largest absolute Gasteiger partial charge is 0.497 e. The number of benzene rings is 2. The Hall–Kier alpha value is -2.14. The maximum atomic E-state index is 13.2. The van der Waals surface area contributed by atoms with E-state index in [1.54, 1.807) is 18.2 Å². The van der Waals surface area contributed by atoms with Gasteiger partial charge in [0.1, 0.15) is 16.4 Å². The topological polar surface area (TPSA) is 93.2 Å². The predicted molar refractivity (Wildman–Crippen MR) is 122 cm³/mol. The Balaban J connectivity index is 1.77. The van der Waals surface area contributed by atoms with E-state index in [4.69, 9.17) is 9.47 Å². The highest BCUT2D eigenvalue weighted by molar-refractivity contribution is 7.89. The van der Waals surface area contributed by atoms with Crippen LogP contribution < -0.4 is 9.47 Å². The third-order valence-corrected chi connectivity index (χ3v) is 9.72. The normalized spacial score (nSPS) is 17.1. The number of hydrogen-bond donors (Lipinski definition) is 0. The van der Waals surface area contributed by atoms with Gasteiger partial charge in [0, 0.05) is 32.2 Å². The Kier molecular flexibility index (Phi) is 7.49. The van der Waals surface area contributed by atoms with Crippen LogP contribution >= 0.6 is 0 Å². The zero-order valence-corrected chi connectivity index (χ0v) is 20.4. The summed E-state index contributed by atoms with van der Waals surface area (Å²) in [6.07, 6.45) is 0.973. The molecule has 10 heteroatoms. The van der Waals surface area contributed by atoms with Crippen LogP contribution in [0.3, 0.4) is 0 Å². The third kappa shape index (κ3) is 4.78. The molecule has 0 amide bonds. The zero-order valence-electron chi connectivity index (χ0n) is 18.8. The summed E-state index contributed by atoms with van der Waals surface area (Å²) in [5.41, 5.74) is 1.09. The molecule has 32 heavy (non-hydrogen) atoms. The lowest BCUT2D eigenvalue weighted by Crippen LogP contribution is -2.50. The number of nitrogens with zero attached hydrogens (tertiary/aromatic N) is 2. The highest BCUT2D eigenvalue weighted by atomic mass is 32.2. The number of piperazine rings is 1. The van der Waals surface area contributed by atoms with Gasteiger partial charge in [0.15, 0.2) is 0 Å². The molecule has 0 spiro atoms. The first-order chi connectivity index (χ1) is 15.1. The van der Waals surface area contributed by atoms with Crippen molar-refractivity contribution in [3.8, 4) is 11.5 Å². The summed E-state index contributed by atoms with van der Waals surface area (Å²) < 4.78 is 65.6. The van der Waals surface area contributed by atoms with Crippen molar-refractivity contribution in [1.29, 1.82) is 0 Å². The van der Waals surface area contributed by atoms with Gasteiger partial charge in [-0.25, -0.2) is 16.8 Å². The second kappa shape index (κ2) is 9.78. The molecule has 0 radical (unpaired) electrons. The van der Waals surface area contributed by atoms with Crippen molar-refractivity contribution in [1.82, 2.24) is 8.61 Å². The van der Waals surface area contributed by atoms with Gasteiger partial charge < -0.3 is 9.47 Å². The predicted octanol–water partition coefficient (Wildman–Crippen LogP) is 2.91. The summed E-state index contributed by atoms with van der Waals surface area (Å²) in [7, 11) is -4.73. The highest BCUT2D eigenvalue weighted by Crippen LogP contribution is 2.31. The molecular weight excluding hydrogens is 452 g/mol. The molecule has 1 saturated heterocycles. The minimum atomic E-state index is -3.88. The molecule has 0 aliphatic carbocycles. The lowest BCUT2D eigenvalue weighted by molar-refractivity contribution is 0.272. The first-order valence-corrected chi connectivity index (χ1v) is 13.4. The van der Waals surface area contributed by atoms with Gasteiger partial charge in [-0.05, 0) is 42.2 Å². The van der Waals surface area contributed by atoms with E-state index in [1.807, 2.05) is 12.1 Å². The quantitative estimate of drug-likeness (QED) is 0.574. The number of hydrogen-bond acceptors (Lipinski definition) is 6. The number of methoxy groups -OCH3 is 2. The molecule has 1 aliphatic heterocycles. The summed E-state index contributed by atoms with van der Waals surface area (Å²) in [5, 5.41) is 0. The van der Waals surface area contributed by atoms with Crippen molar-refractivity contribution >= 4 is 20.0 Å². The van der Waals surface area contributed by atoms with Crippen LogP contribution in [0.4, 0.5) is 0 Å². The Labute approximate surface area is 190 Å². The van der Waals surface area contributed by atoms with Gasteiger partial charge >= 0.3 is 0 Å². The van der Waals surface area contributed by atoms with E-state index < -0.39 is 20.0 Å². The molecule has 0 aromatic heterocycles. The summed E-state index contributed by atoms with van der Waals surface area (Å²) in [4.78, 5) is 0.214. The number of ether oxygens (including phenoxy) is 2. The Bertz CT molecular complexity index is 1140. The van der Waals surface area contributed by atoms with E-state index >= 15 is 0 Å². The summed E-state index contributed by atoms with van der Waals surface area (Å²) in [6, 6.07) is 11.5. The molecule has 0 saturated carbocycles. The average Bonchev–Trinajstić information content (AvgIpc) is 2.83. The molecule has 0 bridgehead atoms. The van der Waals surface area contributed by atoms with Crippen LogP contribution in [0.1, 0.15) is 31.7 Å². The minimum Gasteiger partial charge on any atom is -0.497 e. The van der Waals surface area contributed by atoms with Gasteiger partial charge in [-0.1, -0.05) is 26.0 Å². The van der Waals surface area contributed by atoms with Crippen molar-refractivity contribution in [2.75, 3.05) is 40.4 Å². The molecule has 8 nitrogen and oxygen atoms in total. The molecule has 3 rings (SSSR count). The second-order valence-electron chi connectivity index (χ2n) is 7.70. The fourth-order valence-electron chi connectivity index (χ4n) is 3.63. The van der Waals surface area contributed by atoms with Crippen LogP contribution in [0.2, 0.25) is 0 Å². The summed E-state index contributed by atoms with van der Waals surface area (Å²) >= 11 is 0. The van der Waals surface area contributed by atoms with E-state index in [1.165, 1.54) is 35.0 Å². The van der Waals surface area contributed by atoms with Gasteiger partial charge in [0.2, 0.25) is 20.0 Å². The van der Waals surface area contributed by atoms with Crippen molar-refractivity contribution < 1.29 is 26.3 Å². The van der Waals surface area contributed by atoms with Gasteiger partial charge in [-0.3, -0.25) is 0 Å². The fourth-order valence-corrected chi connectivity index (χ4v) is 6.64. The zero-order chi connectivity index (χ0) is 23.5. The first-order valence-electron chi connectivity index (χ1n) is 10.5. The number of sulfonamides is 2. The molecule has 2 aromatic carbocycles. The second-order valence-corrected chi connectivity index (χ2v) is 11.5. The van der Waals surface area contributed by atoms with Crippen molar-refractivity contribution in [3.63, 3.8) is 0 Å². The smallest absolute Gasteiger partial charge is 0.246 e. The van der Waals surface area contributed by atoms with Crippen LogP contribution in [-0.2, 0) is 20.0 Å². The SMILES string of the molecule is CCC(C)c1ccc(S(=O)(=O)N2CCN(S(=O)(=O)c3cc(OC)ccc3OC)CC2)cc1. The maximum absolute atomic E-state index is 13.2. The monoisotopic (exact) mass is 482 g/mol. The van der Waals surface area contributed by atoms with Crippen LogP contribution in [0.25, 0.3) is 0 Å². The van der Waals surface area contributed by atoms with Crippen molar-refractivity contribution in [2.45, 2.75) is 36.0 Å². The molecule has 1 atom stereocenters. The van der Waals surface area contributed by atoms with E-state index in [0.717, 1.165) is 12.0 Å². The van der Waals surface area contributed by atoms with Gasteiger partial charge in [0.25, 0.3) is 0 Å². The molecule has 1 heterocycles. The standard InChI is InChI=1S/C22H30N2O6S2/c1-5-17(2)18-6-9-20(10-7-18)31(25,26)23-12-14-24(15-13-23)32(27,28)22-16-19(29-3)8-11-21(22)30-4/h6-11,16-17H,5,12-15H2,1-4H3. The average molecular weight is 483 g/mol. The van der Waals surface area contributed by atoms with Gasteiger partial charge in [0.05, 0.1) is 19.1 Å². The molecule has 1 fully saturated rings. The Morgan fingerprint density at radius 3 is 1.91 bits per heavy atom. The molecule has 0 N–H and O–H groups in total. The summed E-state index contributed by atoms with van der Waals surface area (Å²) in [5.74, 6) is 0.961. The van der Waals surface area contributed by atoms with Crippen LogP contribution in [-0.4, -0.2) is 65.8 Å². The Morgan fingerprint density at radius 2 is 1.41 bits per heavy atom. The van der Waals surface area contributed by atoms with E-state index in [2.05, 4.69) is 13.8 Å². The van der Waals surface area contributed by atoms with E-state index in [0.29, 0.717) is 11.7 Å². The van der Waals surface area contributed by atoms with Crippen LogP contribution in [0.5, 0.6) is 11.5 Å². The highest BCUT2D eigenvalue weighted by Gasteiger charge is 2.35. The maximum Gasteiger partial charge on any atom is 0.246 e. The van der Waals surface area contributed by atoms with E-state index in [-0.39, 0.29) is 41.7 Å². The lowest BCUT2D eigenvalue weighted by atomic mass is 9.99. The molecule has 1 unspecified atom stereocenters. The van der Waals surface area contributed by atoms with Crippen molar-refractivity contribution in [3.05, 3.63) is 48.0 Å². The number of rotatable bonds is 8. The van der Waals surface area contributed by atoms with Crippen LogP contribution in [0.15, 0.2) is 52.3 Å². The molecule has 176 valence electrons. The van der Waals surface area contributed by atoms with Gasteiger partial charge in [-0.2, -0.15) is 8.61 Å². The molecule has 2 aromatic rings. The lowest BCUT2D eigenvalue weighted by Gasteiger charge is -2.33. The van der Waals surface area contributed by atoms with Gasteiger partial charge in [-0.15, -0.1) is 0 Å². The Morgan fingerprint density at radius 1 is 0.844 bits per heavy atom. The third-order valence-electron chi connectivity index (χ3n) is 5.89. The van der Waals surface area contributed by atoms with Crippen LogP contribution in [0, 0.1) is 0 Å².